The van der Waals surface area contributed by atoms with Crippen molar-refractivity contribution in [2.45, 2.75) is 19.5 Å². The molecular weight excluding hydrogens is 266 g/mol. The van der Waals surface area contributed by atoms with E-state index in [1.165, 1.54) is 0 Å². The van der Waals surface area contributed by atoms with Crippen LogP contribution >= 0.6 is 0 Å². The number of carbonyl (C=O) groups excluding carboxylic acids is 1. The van der Waals surface area contributed by atoms with Gasteiger partial charge in [0.1, 0.15) is 0 Å². The van der Waals surface area contributed by atoms with E-state index >= 15 is 0 Å². The number of benzene rings is 1. The molecule has 1 amide bonds. The van der Waals surface area contributed by atoms with Crippen LogP contribution in [0, 0.1) is 11.6 Å². The van der Waals surface area contributed by atoms with E-state index in [0.29, 0.717) is 6.54 Å². The minimum absolute atomic E-state index is 0.0821. The number of hydrogen-bond acceptors (Lipinski definition) is 3. The monoisotopic (exact) mass is 280 g/mol. The molecule has 1 aromatic carbocycles. The fourth-order valence-electron chi connectivity index (χ4n) is 1.82. The van der Waals surface area contributed by atoms with E-state index in [2.05, 4.69) is 10.3 Å². The Morgan fingerprint density at radius 3 is 2.80 bits per heavy atom. The van der Waals surface area contributed by atoms with E-state index in [1.54, 1.807) is 30.2 Å². The average Bonchev–Trinajstić information content (AvgIpc) is 2.86. The van der Waals surface area contributed by atoms with Crippen LogP contribution in [0.1, 0.15) is 17.3 Å². The fourth-order valence-corrected chi connectivity index (χ4v) is 1.82. The van der Waals surface area contributed by atoms with Gasteiger partial charge < -0.3 is 15.6 Å². The van der Waals surface area contributed by atoms with Gasteiger partial charge in [0.25, 0.3) is 5.91 Å². The van der Waals surface area contributed by atoms with Gasteiger partial charge in [0.05, 0.1) is 11.9 Å². The predicted octanol–water partition coefficient (Wildman–Crippen LogP) is 1.56. The van der Waals surface area contributed by atoms with Crippen molar-refractivity contribution in [3.05, 3.63) is 48.1 Å². The maximum Gasteiger partial charge on any atom is 0.253 e. The van der Waals surface area contributed by atoms with Crippen LogP contribution in [0.25, 0.3) is 0 Å². The molecule has 0 aliphatic carbocycles. The van der Waals surface area contributed by atoms with Crippen molar-refractivity contribution in [1.29, 1.82) is 0 Å². The Bertz CT molecular complexity index is 613. The van der Waals surface area contributed by atoms with E-state index in [1.807, 2.05) is 0 Å². The summed E-state index contributed by atoms with van der Waals surface area (Å²) in [4.78, 5) is 15.8. The van der Waals surface area contributed by atoms with E-state index < -0.39 is 17.5 Å². The summed E-state index contributed by atoms with van der Waals surface area (Å²) >= 11 is 0. The number of rotatable bonds is 4. The Morgan fingerprint density at radius 2 is 2.15 bits per heavy atom. The largest absolute Gasteiger partial charge is 0.398 e. The van der Waals surface area contributed by atoms with E-state index in [-0.39, 0.29) is 17.3 Å². The van der Waals surface area contributed by atoms with Gasteiger partial charge in [0.15, 0.2) is 11.6 Å². The minimum atomic E-state index is -1.10. The number of carbonyl (C=O) groups is 1. The maximum absolute atomic E-state index is 13.1. The summed E-state index contributed by atoms with van der Waals surface area (Å²) in [5.41, 5.74) is 5.34. The summed E-state index contributed by atoms with van der Waals surface area (Å²) in [7, 11) is 0. The number of nitrogen functional groups attached to an aromatic ring is 1. The number of nitrogens with zero attached hydrogens (tertiary/aromatic N) is 2. The van der Waals surface area contributed by atoms with Crippen LogP contribution in [-0.4, -0.2) is 21.5 Å². The molecule has 1 heterocycles. The number of nitrogens with one attached hydrogen (secondary N) is 1. The summed E-state index contributed by atoms with van der Waals surface area (Å²) in [6.45, 7) is 2.29. The van der Waals surface area contributed by atoms with E-state index in [9.17, 15) is 13.6 Å². The molecule has 1 atom stereocenters. The van der Waals surface area contributed by atoms with Crippen LogP contribution in [0.15, 0.2) is 30.9 Å². The second kappa shape index (κ2) is 5.68. The second-order valence-electron chi connectivity index (χ2n) is 4.49. The molecule has 106 valence electrons. The topological polar surface area (TPSA) is 72.9 Å². The van der Waals surface area contributed by atoms with Gasteiger partial charge in [-0.2, -0.15) is 0 Å². The number of aromatic nitrogens is 2. The molecule has 0 spiro atoms. The van der Waals surface area contributed by atoms with Crippen molar-refractivity contribution < 1.29 is 13.6 Å². The lowest BCUT2D eigenvalue weighted by molar-refractivity contribution is 0.0937. The molecule has 7 heteroatoms. The zero-order chi connectivity index (χ0) is 14.7. The molecule has 2 aromatic rings. The highest BCUT2D eigenvalue weighted by atomic mass is 19.2. The molecule has 0 saturated heterocycles. The van der Waals surface area contributed by atoms with Crippen molar-refractivity contribution in [1.82, 2.24) is 14.9 Å². The molecule has 2 rings (SSSR count). The van der Waals surface area contributed by atoms with Crippen LogP contribution in [0.2, 0.25) is 0 Å². The average molecular weight is 280 g/mol. The molecule has 20 heavy (non-hydrogen) atoms. The summed E-state index contributed by atoms with van der Waals surface area (Å²) in [5.74, 6) is -2.73. The van der Waals surface area contributed by atoms with Gasteiger partial charge in [-0.15, -0.1) is 0 Å². The summed E-state index contributed by atoms with van der Waals surface area (Å²) in [6, 6.07) is 1.37. The van der Waals surface area contributed by atoms with Crippen LogP contribution in [-0.2, 0) is 6.54 Å². The number of hydrogen-bond donors (Lipinski definition) is 2. The number of amides is 1. The first kappa shape index (κ1) is 14.0. The van der Waals surface area contributed by atoms with Gasteiger partial charge in [-0.05, 0) is 13.0 Å². The molecule has 0 aliphatic rings. The second-order valence-corrected chi connectivity index (χ2v) is 4.49. The van der Waals surface area contributed by atoms with Crippen molar-refractivity contribution in [2.24, 2.45) is 0 Å². The van der Waals surface area contributed by atoms with Crippen LogP contribution in [0.4, 0.5) is 14.5 Å². The number of anilines is 1. The molecule has 0 radical (unpaired) electrons. The lowest BCUT2D eigenvalue weighted by Gasteiger charge is -2.15. The molecule has 0 fully saturated rings. The van der Waals surface area contributed by atoms with Gasteiger partial charge in [-0.3, -0.25) is 4.79 Å². The highest BCUT2D eigenvalue weighted by Crippen LogP contribution is 2.17. The molecule has 0 saturated carbocycles. The van der Waals surface area contributed by atoms with Crippen molar-refractivity contribution >= 4 is 11.6 Å². The highest BCUT2D eigenvalue weighted by Gasteiger charge is 2.16. The van der Waals surface area contributed by atoms with E-state index in [0.717, 1.165) is 12.1 Å². The zero-order valence-electron chi connectivity index (χ0n) is 10.8. The third-order valence-corrected chi connectivity index (χ3v) is 2.76. The highest BCUT2D eigenvalue weighted by molar-refractivity contribution is 5.99. The standard InChI is InChI=1S/C13H14F2N4O/c1-8(6-19-3-2-17-7-19)18-13(20)9-4-10(14)11(15)5-12(9)16/h2-5,7-8H,6,16H2,1H3,(H,18,20). The first-order chi connectivity index (χ1) is 9.47. The van der Waals surface area contributed by atoms with Crippen molar-refractivity contribution in [3.8, 4) is 0 Å². The number of halogens is 2. The quantitative estimate of drug-likeness (QED) is 0.835. The molecule has 1 unspecified atom stereocenters. The Kier molecular flexibility index (Phi) is 3.97. The predicted molar refractivity (Wildman–Crippen MR) is 69.9 cm³/mol. The first-order valence-corrected chi connectivity index (χ1v) is 5.98. The van der Waals surface area contributed by atoms with Crippen LogP contribution < -0.4 is 11.1 Å². The number of nitrogens with two attached hydrogens (primary N) is 1. The molecule has 0 bridgehead atoms. The zero-order valence-corrected chi connectivity index (χ0v) is 10.8. The lowest BCUT2D eigenvalue weighted by atomic mass is 10.1. The van der Waals surface area contributed by atoms with Crippen molar-refractivity contribution in [3.63, 3.8) is 0 Å². The molecule has 3 N–H and O–H groups in total. The van der Waals surface area contributed by atoms with Gasteiger partial charge >= 0.3 is 0 Å². The van der Waals surface area contributed by atoms with E-state index in [4.69, 9.17) is 5.73 Å². The molecule has 1 aromatic heterocycles. The van der Waals surface area contributed by atoms with Crippen molar-refractivity contribution in [2.75, 3.05) is 5.73 Å². The Hall–Kier alpha value is -2.44. The maximum atomic E-state index is 13.1. The Labute approximate surface area is 114 Å². The smallest absolute Gasteiger partial charge is 0.253 e. The Balaban J connectivity index is 2.06. The number of imidazole rings is 1. The van der Waals surface area contributed by atoms with Gasteiger partial charge in [0, 0.05) is 36.7 Å². The lowest BCUT2D eigenvalue weighted by Crippen LogP contribution is -2.35. The third-order valence-electron chi connectivity index (χ3n) is 2.76. The molecular formula is C13H14F2N4O. The molecule has 0 aliphatic heterocycles. The summed E-state index contributed by atoms with van der Waals surface area (Å²) < 4.78 is 27.9. The van der Waals surface area contributed by atoms with Gasteiger partial charge in [-0.1, -0.05) is 0 Å². The van der Waals surface area contributed by atoms with Gasteiger partial charge in [-0.25, -0.2) is 13.8 Å². The third kappa shape index (κ3) is 3.11. The summed E-state index contributed by atoms with van der Waals surface area (Å²) in [6.07, 6.45) is 5.00. The minimum Gasteiger partial charge on any atom is -0.398 e. The Morgan fingerprint density at radius 1 is 1.45 bits per heavy atom. The first-order valence-electron chi connectivity index (χ1n) is 5.98. The van der Waals surface area contributed by atoms with Gasteiger partial charge in [0.2, 0.25) is 0 Å². The van der Waals surface area contributed by atoms with Crippen LogP contribution in [0.5, 0.6) is 0 Å². The van der Waals surface area contributed by atoms with Crippen LogP contribution in [0.3, 0.4) is 0 Å². The fraction of sp³-hybridized carbons (Fsp3) is 0.231. The summed E-state index contributed by atoms with van der Waals surface area (Å²) in [5, 5.41) is 2.67. The normalized spacial score (nSPS) is 12.2. The molecule has 5 nitrogen and oxygen atoms in total. The SMILES string of the molecule is CC(Cn1ccnc1)NC(=O)c1cc(F)c(F)cc1N.